The average Bonchev–Trinajstić information content (AvgIpc) is 3.18. The van der Waals surface area contributed by atoms with Crippen molar-refractivity contribution in [2.75, 3.05) is 13.2 Å². The molecule has 37 nitrogen and oxygen atoms in total. The topological polar surface area (TPSA) is 573 Å². The molecule has 0 saturated carbocycles. The number of carbonyl (C=O) groups is 4. The number of hydrogen-bond acceptors (Lipinski definition) is 29. The number of aliphatic hydroxyl groups excluding tert-OH is 6. The summed E-state index contributed by atoms with van der Waals surface area (Å²) in [7, 11) is -22.5. The summed E-state index contributed by atoms with van der Waals surface area (Å²) in [5.74, 6) is -6.53. The highest BCUT2D eigenvalue weighted by Gasteiger charge is 2.59. The number of ether oxygens (including phenoxy) is 7. The lowest BCUT2D eigenvalue weighted by Gasteiger charge is -2.50. The van der Waals surface area contributed by atoms with Crippen LogP contribution < -0.4 is 10.6 Å². The van der Waals surface area contributed by atoms with Crippen molar-refractivity contribution < 1.29 is 162 Å². The van der Waals surface area contributed by atoms with Gasteiger partial charge in [0.2, 0.25) is 11.8 Å². The van der Waals surface area contributed by atoms with Crippen molar-refractivity contribution >= 4 is 65.3 Å². The molecular weight excluding hydrogens is 1050 g/mol. The quantitative estimate of drug-likeness (QED) is 0.0504. The number of amides is 2. The summed E-state index contributed by atoms with van der Waals surface area (Å²) in [4.78, 5) is 49.6. The highest BCUT2D eigenvalue weighted by atomic mass is 32.3. The minimum atomic E-state index is -5.87. The zero-order valence-corrected chi connectivity index (χ0v) is 37.6. The molecule has 4 aliphatic heterocycles. The fourth-order valence-electron chi connectivity index (χ4n) is 7.05. The molecule has 0 unspecified atom stereocenters. The maximum absolute atomic E-state index is 12.7. The van der Waals surface area contributed by atoms with Gasteiger partial charge < -0.3 is 84.6 Å². The van der Waals surface area contributed by atoms with E-state index in [2.05, 4.69) is 16.7 Å². The van der Waals surface area contributed by atoms with Gasteiger partial charge in [-0.15, -0.1) is 0 Å². The van der Waals surface area contributed by atoms with Gasteiger partial charge in [0.1, 0.15) is 85.3 Å². The number of carbonyl (C=O) groups excluding carboxylic acids is 2. The van der Waals surface area contributed by atoms with E-state index in [0.29, 0.717) is 0 Å². The monoisotopic (exact) mass is 1100 g/mol. The number of carboxylic acids is 2. The van der Waals surface area contributed by atoms with Gasteiger partial charge in [0.05, 0.1) is 13.2 Å². The number of carboxylic acid groups (broad SMARTS) is 2. The Morgan fingerprint density at radius 3 is 1.29 bits per heavy atom. The highest BCUT2D eigenvalue weighted by molar-refractivity contribution is 7.81. The van der Waals surface area contributed by atoms with Crippen LogP contribution in [0.15, 0.2) is 0 Å². The Kier molecular flexibility index (Phi) is 19.2. The Labute approximate surface area is 386 Å². The fraction of sp³-hybridized carbons (Fsp3) is 0.857. The number of rotatable bonds is 20. The zero-order valence-electron chi connectivity index (χ0n) is 34.4. The standard InChI is InChI=1S/C28H44N2O35S4/c1-5(31)29-9-11(33)16(64-68(49,50)51)7(3-55-66(43,44)45)57-26(9)61-20-13(35)15(37)28(63-22(20)24(40)41)60-18-10(30-6(2)32)27(62-19-12(34)14(36)25(42)59-21(19)23(38)39)58-8(4-56-67(46,47)48)17(18)65-69(52,53)54/h7-22,25-28,33-37,42H,3-4H2,1-2H3,(H,29,31)(H,30,32)(H,38,39)(H,40,41)(H,43,44,45)(H,46,47,48)(H,49,50,51)(H,52,53,54)/t7-,8-,9-,10-,11-,12-,13-,14-,15-,16+,17+,18-,19+,20+,21+,22+,25-,26+,27+,28-/m1/s1. The Balaban J connectivity index is 1.80. The van der Waals surface area contributed by atoms with E-state index < -0.39 is 201 Å². The SMILES string of the molecule is CC(=O)N[C@H]1[C@H](O[C@H]2[C@H](O)[C@@H](O)[C@H](O[C@@H]3[C@@H](NC(C)=O)[C@H](O[C@H]4[C@H](O)[C@@H](O)[C@H](O)O[C@@H]4C(=O)O)O[C@H](COS(=O)(=O)O)[C@@H]3OS(=O)(=O)O)O[C@@H]2C(=O)O)O[C@H](COS(=O)(=O)O)[C@H](OS(=O)(=O)O)[C@@H]1O. The first-order chi connectivity index (χ1) is 31.5. The van der Waals surface area contributed by atoms with Crippen LogP contribution in [0.25, 0.3) is 0 Å². The molecule has 400 valence electrons. The predicted molar refractivity (Wildman–Crippen MR) is 200 cm³/mol. The van der Waals surface area contributed by atoms with E-state index in [0.717, 1.165) is 13.8 Å². The van der Waals surface area contributed by atoms with E-state index in [1.165, 1.54) is 0 Å². The summed E-state index contributed by atoms with van der Waals surface area (Å²) >= 11 is 0. The lowest BCUT2D eigenvalue weighted by atomic mass is 9.94. The molecule has 0 aromatic heterocycles. The molecule has 4 aliphatic rings. The van der Waals surface area contributed by atoms with Gasteiger partial charge in [0.15, 0.2) is 37.4 Å². The van der Waals surface area contributed by atoms with Gasteiger partial charge in [-0.2, -0.15) is 33.7 Å². The molecule has 41 heteroatoms. The number of nitrogens with one attached hydrogen (secondary N) is 2. The zero-order chi connectivity index (χ0) is 52.5. The summed E-state index contributed by atoms with van der Waals surface area (Å²) < 4.78 is 186. The Bertz CT molecular complexity index is 2300. The van der Waals surface area contributed by atoms with Crippen molar-refractivity contribution in [1.82, 2.24) is 10.6 Å². The van der Waals surface area contributed by atoms with Gasteiger partial charge in [0.25, 0.3) is 0 Å². The summed E-state index contributed by atoms with van der Waals surface area (Å²) in [5.41, 5.74) is 0. The Hall–Kier alpha value is -3.16. The largest absolute Gasteiger partial charge is 0.479 e. The third kappa shape index (κ3) is 15.9. The third-order valence-electron chi connectivity index (χ3n) is 9.76. The molecule has 4 fully saturated rings. The molecule has 0 spiro atoms. The molecule has 0 aromatic carbocycles. The van der Waals surface area contributed by atoms with Crippen LogP contribution in [0.3, 0.4) is 0 Å². The minimum Gasteiger partial charge on any atom is -0.479 e. The smallest absolute Gasteiger partial charge is 0.397 e. The van der Waals surface area contributed by atoms with E-state index in [9.17, 15) is 107 Å². The summed E-state index contributed by atoms with van der Waals surface area (Å²) in [6.07, 6.45) is -45.8. The van der Waals surface area contributed by atoms with Crippen LogP contribution in [0.5, 0.6) is 0 Å². The molecule has 0 aromatic rings. The van der Waals surface area contributed by atoms with Crippen LogP contribution in [-0.4, -0.2) is 252 Å². The van der Waals surface area contributed by atoms with Gasteiger partial charge in [-0.25, -0.2) is 26.3 Å². The molecule has 2 amide bonds. The van der Waals surface area contributed by atoms with Crippen LogP contribution in [-0.2, 0) is 111 Å². The van der Waals surface area contributed by atoms with E-state index in [1.54, 1.807) is 0 Å². The van der Waals surface area contributed by atoms with Crippen molar-refractivity contribution in [2.45, 2.75) is 137 Å². The molecular formula is C28H44N2O35S4. The van der Waals surface area contributed by atoms with Crippen molar-refractivity contribution in [1.29, 1.82) is 0 Å². The summed E-state index contributed by atoms with van der Waals surface area (Å²) in [6, 6.07) is -4.53. The normalized spacial score (nSPS) is 39.2. The highest BCUT2D eigenvalue weighted by Crippen LogP contribution is 2.36. The second kappa shape index (κ2) is 22.7. The molecule has 0 aliphatic carbocycles. The van der Waals surface area contributed by atoms with Crippen molar-refractivity contribution in [2.24, 2.45) is 0 Å². The number of hydrogen-bond donors (Lipinski definition) is 14. The Morgan fingerprint density at radius 1 is 0.464 bits per heavy atom. The van der Waals surface area contributed by atoms with E-state index in [1.807, 2.05) is 10.6 Å². The molecule has 4 heterocycles. The lowest BCUT2D eigenvalue weighted by Crippen LogP contribution is -2.71. The molecule has 4 rings (SSSR count). The maximum atomic E-state index is 12.7. The van der Waals surface area contributed by atoms with Gasteiger partial charge in [-0.05, 0) is 0 Å². The third-order valence-corrected chi connectivity index (χ3v) is 11.6. The maximum Gasteiger partial charge on any atom is 0.397 e. The van der Waals surface area contributed by atoms with Crippen LogP contribution in [0.1, 0.15) is 13.8 Å². The average molecular weight is 1100 g/mol. The van der Waals surface area contributed by atoms with Crippen LogP contribution >= 0.6 is 0 Å². The van der Waals surface area contributed by atoms with Gasteiger partial charge in [0, 0.05) is 13.8 Å². The Morgan fingerprint density at radius 2 is 0.855 bits per heavy atom. The molecule has 14 N–H and O–H groups in total. The first-order valence-corrected chi connectivity index (χ1v) is 24.2. The van der Waals surface area contributed by atoms with Crippen LogP contribution in [0.2, 0.25) is 0 Å². The van der Waals surface area contributed by atoms with E-state index in [4.69, 9.17) is 37.7 Å². The summed E-state index contributed by atoms with van der Waals surface area (Å²) in [6.45, 7) is -1.62. The van der Waals surface area contributed by atoms with Crippen LogP contribution in [0, 0.1) is 0 Å². The van der Waals surface area contributed by atoms with Crippen molar-refractivity contribution in [3.8, 4) is 0 Å². The van der Waals surface area contributed by atoms with Gasteiger partial charge in [-0.3, -0.25) is 27.8 Å². The second-order valence-electron chi connectivity index (χ2n) is 14.7. The van der Waals surface area contributed by atoms with Crippen molar-refractivity contribution in [3.63, 3.8) is 0 Å². The van der Waals surface area contributed by atoms with E-state index >= 15 is 0 Å². The molecule has 4 saturated heterocycles. The molecule has 20 atom stereocenters. The first-order valence-electron chi connectivity index (χ1n) is 18.7. The first kappa shape index (κ1) is 58.4. The van der Waals surface area contributed by atoms with E-state index in [-0.39, 0.29) is 0 Å². The molecule has 0 bridgehead atoms. The number of aliphatic hydroxyl groups is 6. The van der Waals surface area contributed by atoms with Gasteiger partial charge in [-0.1, -0.05) is 0 Å². The second-order valence-corrected chi connectivity index (χ2v) is 19.0. The number of aliphatic carboxylic acids is 2. The van der Waals surface area contributed by atoms with Crippen LogP contribution in [0.4, 0.5) is 0 Å². The lowest BCUT2D eigenvalue weighted by molar-refractivity contribution is -0.366. The van der Waals surface area contributed by atoms with Crippen molar-refractivity contribution in [3.05, 3.63) is 0 Å². The van der Waals surface area contributed by atoms with Gasteiger partial charge >= 0.3 is 53.5 Å². The summed E-state index contributed by atoms with van der Waals surface area (Å²) in [5, 5.41) is 88.8. The molecule has 0 radical (unpaired) electrons. The fourth-order valence-corrected chi connectivity index (χ4v) is 8.69. The molecule has 69 heavy (non-hydrogen) atoms. The minimum absolute atomic E-state index is 0.728. The predicted octanol–water partition coefficient (Wildman–Crippen LogP) is -9.97.